The number of carboxylic acids is 1. The SMILES string of the molecule is CCCC(O)(CPCSc1ccccc1)C(=O)O. The average molecular weight is 286 g/mol. The van der Waals surface area contributed by atoms with Gasteiger partial charge in [0.25, 0.3) is 0 Å². The van der Waals surface area contributed by atoms with E-state index in [9.17, 15) is 9.90 Å². The Hall–Kier alpha value is -0.570. The Morgan fingerprint density at radius 2 is 2.06 bits per heavy atom. The van der Waals surface area contributed by atoms with Crippen LogP contribution in [0.2, 0.25) is 0 Å². The van der Waals surface area contributed by atoms with Gasteiger partial charge in [0.15, 0.2) is 5.60 Å². The van der Waals surface area contributed by atoms with Gasteiger partial charge in [-0.1, -0.05) is 31.5 Å². The summed E-state index contributed by atoms with van der Waals surface area (Å²) in [6, 6.07) is 10.00. The molecule has 0 aromatic heterocycles. The highest BCUT2D eigenvalue weighted by atomic mass is 32.2. The molecule has 2 atom stereocenters. The van der Waals surface area contributed by atoms with Crippen LogP contribution in [0.4, 0.5) is 0 Å². The van der Waals surface area contributed by atoms with E-state index in [0.717, 1.165) is 5.49 Å². The van der Waals surface area contributed by atoms with Crippen molar-refractivity contribution in [3.8, 4) is 0 Å². The topological polar surface area (TPSA) is 57.5 Å². The number of aliphatic hydroxyl groups is 1. The van der Waals surface area contributed by atoms with Gasteiger partial charge < -0.3 is 10.2 Å². The van der Waals surface area contributed by atoms with Crippen molar-refractivity contribution in [2.75, 3.05) is 11.7 Å². The number of hydrogen-bond donors (Lipinski definition) is 2. The number of thioether (sulfide) groups is 1. The van der Waals surface area contributed by atoms with Crippen LogP contribution in [0, 0.1) is 0 Å². The molecule has 5 heteroatoms. The Morgan fingerprint density at radius 1 is 1.39 bits per heavy atom. The highest BCUT2D eigenvalue weighted by molar-refractivity contribution is 8.03. The first-order valence-corrected chi connectivity index (χ1v) is 8.33. The molecule has 100 valence electrons. The maximum Gasteiger partial charge on any atom is 0.336 e. The van der Waals surface area contributed by atoms with Crippen LogP contribution in [0.15, 0.2) is 35.2 Å². The zero-order valence-corrected chi connectivity index (χ0v) is 12.2. The van der Waals surface area contributed by atoms with Crippen LogP contribution >= 0.6 is 20.3 Å². The van der Waals surface area contributed by atoms with Crippen LogP contribution < -0.4 is 0 Å². The highest BCUT2D eigenvalue weighted by Crippen LogP contribution is 2.30. The minimum absolute atomic E-state index is 0.325. The summed E-state index contributed by atoms with van der Waals surface area (Å²) in [5.74, 6) is -1.10. The molecule has 0 spiro atoms. The van der Waals surface area contributed by atoms with Crippen LogP contribution in [0.25, 0.3) is 0 Å². The summed E-state index contributed by atoms with van der Waals surface area (Å²) < 4.78 is 0. The predicted octanol–water partition coefficient (Wildman–Crippen LogP) is 3.03. The van der Waals surface area contributed by atoms with Crippen LogP contribution in [0.5, 0.6) is 0 Å². The van der Waals surface area contributed by atoms with Gasteiger partial charge in [0.1, 0.15) is 0 Å². The maximum atomic E-state index is 11.0. The molecule has 0 fully saturated rings. The van der Waals surface area contributed by atoms with Crippen LogP contribution in [0.1, 0.15) is 19.8 Å². The molecule has 1 rings (SSSR count). The van der Waals surface area contributed by atoms with Crippen molar-refractivity contribution in [2.45, 2.75) is 30.3 Å². The smallest absolute Gasteiger partial charge is 0.336 e. The molecule has 1 aromatic carbocycles. The summed E-state index contributed by atoms with van der Waals surface area (Å²) in [5.41, 5.74) is -0.687. The van der Waals surface area contributed by atoms with Gasteiger partial charge >= 0.3 is 5.97 Å². The van der Waals surface area contributed by atoms with Gasteiger partial charge in [0.2, 0.25) is 0 Å². The second kappa shape index (κ2) is 7.78. The summed E-state index contributed by atoms with van der Waals surface area (Å²) in [6.07, 6.45) is 1.35. The van der Waals surface area contributed by atoms with E-state index >= 15 is 0 Å². The van der Waals surface area contributed by atoms with E-state index in [1.54, 1.807) is 11.8 Å². The molecule has 0 aliphatic heterocycles. The molecule has 0 saturated carbocycles. The molecule has 18 heavy (non-hydrogen) atoms. The molecular formula is C13H19O3PS. The minimum Gasteiger partial charge on any atom is -0.479 e. The summed E-state index contributed by atoms with van der Waals surface area (Å²) in [7, 11) is 0.444. The number of aliphatic carboxylic acids is 1. The van der Waals surface area contributed by atoms with Gasteiger partial charge in [-0.15, -0.1) is 20.3 Å². The van der Waals surface area contributed by atoms with Crippen molar-refractivity contribution in [3.05, 3.63) is 30.3 Å². The van der Waals surface area contributed by atoms with Gasteiger partial charge in [-0.05, 0) is 18.6 Å². The molecule has 1 aromatic rings. The fraction of sp³-hybridized carbons (Fsp3) is 0.462. The Kier molecular flexibility index (Phi) is 6.69. The van der Waals surface area contributed by atoms with Gasteiger partial charge in [-0.2, -0.15) is 0 Å². The molecular weight excluding hydrogens is 267 g/mol. The molecule has 2 N–H and O–H groups in total. The Balaban J connectivity index is 2.34. The van der Waals surface area contributed by atoms with E-state index in [1.807, 2.05) is 37.3 Å². The number of hydrogen-bond acceptors (Lipinski definition) is 3. The lowest BCUT2D eigenvalue weighted by Gasteiger charge is -2.22. The lowest BCUT2D eigenvalue weighted by atomic mass is 10.0. The Labute approximate surface area is 114 Å². The van der Waals surface area contributed by atoms with E-state index in [2.05, 4.69) is 0 Å². The highest BCUT2D eigenvalue weighted by Gasteiger charge is 2.34. The summed E-state index contributed by atoms with van der Waals surface area (Å²) in [5, 5.41) is 19.0. The standard InChI is InChI=1S/C13H19O3PS/c1-2-8-13(16,12(14)15)9-17-10-18-11-6-4-3-5-7-11/h3-7,16-17H,2,8-10H2,1H3,(H,14,15). The first-order chi connectivity index (χ1) is 8.58. The van der Waals surface area contributed by atoms with Crippen molar-refractivity contribution in [1.29, 1.82) is 0 Å². The number of rotatable bonds is 8. The maximum absolute atomic E-state index is 11.0. The van der Waals surface area contributed by atoms with Crippen LogP contribution in [0.3, 0.4) is 0 Å². The second-order valence-electron chi connectivity index (χ2n) is 4.12. The quantitative estimate of drug-likeness (QED) is 0.438. The largest absolute Gasteiger partial charge is 0.479 e. The molecule has 3 nitrogen and oxygen atoms in total. The van der Waals surface area contributed by atoms with E-state index in [-0.39, 0.29) is 0 Å². The van der Waals surface area contributed by atoms with Crippen LogP contribution in [-0.2, 0) is 4.79 Å². The third-order valence-electron chi connectivity index (χ3n) is 2.56. The van der Waals surface area contributed by atoms with Crippen molar-refractivity contribution in [3.63, 3.8) is 0 Å². The number of benzene rings is 1. The third-order valence-corrected chi connectivity index (χ3v) is 5.40. The Bertz CT molecular complexity index is 372. The fourth-order valence-corrected chi connectivity index (χ4v) is 4.17. The van der Waals surface area contributed by atoms with E-state index in [4.69, 9.17) is 5.11 Å². The normalized spacial score (nSPS) is 14.8. The van der Waals surface area contributed by atoms with E-state index in [0.29, 0.717) is 27.6 Å². The van der Waals surface area contributed by atoms with Gasteiger partial charge in [0, 0.05) is 16.6 Å². The summed E-state index contributed by atoms with van der Waals surface area (Å²) in [4.78, 5) is 12.2. The molecule has 0 amide bonds. The van der Waals surface area contributed by atoms with Crippen molar-refractivity contribution in [2.24, 2.45) is 0 Å². The minimum atomic E-state index is -1.54. The molecule has 0 aliphatic carbocycles. The second-order valence-corrected chi connectivity index (χ2v) is 6.88. The van der Waals surface area contributed by atoms with Crippen molar-refractivity contribution < 1.29 is 15.0 Å². The first-order valence-electron chi connectivity index (χ1n) is 5.93. The lowest BCUT2D eigenvalue weighted by Crippen LogP contribution is -2.40. The summed E-state index contributed by atoms with van der Waals surface area (Å²) in [6.45, 7) is 1.88. The van der Waals surface area contributed by atoms with E-state index < -0.39 is 11.6 Å². The first kappa shape index (κ1) is 15.5. The fourth-order valence-electron chi connectivity index (χ4n) is 1.59. The monoisotopic (exact) mass is 286 g/mol. The molecule has 0 aliphatic rings. The zero-order valence-electron chi connectivity index (χ0n) is 10.4. The third kappa shape index (κ3) is 4.97. The van der Waals surface area contributed by atoms with E-state index in [1.165, 1.54) is 4.90 Å². The van der Waals surface area contributed by atoms with Crippen molar-refractivity contribution in [1.82, 2.24) is 0 Å². The van der Waals surface area contributed by atoms with Gasteiger partial charge in [-0.3, -0.25) is 0 Å². The summed E-state index contributed by atoms with van der Waals surface area (Å²) >= 11 is 1.70. The molecule has 2 unspecified atom stereocenters. The van der Waals surface area contributed by atoms with Gasteiger partial charge in [-0.25, -0.2) is 4.79 Å². The van der Waals surface area contributed by atoms with Crippen molar-refractivity contribution >= 4 is 26.3 Å². The van der Waals surface area contributed by atoms with Crippen LogP contribution in [-0.4, -0.2) is 33.4 Å². The van der Waals surface area contributed by atoms with Gasteiger partial charge in [0.05, 0.1) is 0 Å². The number of carboxylic acid groups (broad SMARTS) is 1. The zero-order chi connectivity index (χ0) is 13.4. The molecule has 0 saturated heterocycles. The molecule has 0 heterocycles. The number of carbonyl (C=O) groups is 1. The lowest BCUT2D eigenvalue weighted by molar-refractivity contribution is -0.156. The molecule has 0 bridgehead atoms. The predicted molar refractivity (Wildman–Crippen MR) is 77.8 cm³/mol. The average Bonchev–Trinajstić information content (AvgIpc) is 2.36. The Morgan fingerprint density at radius 3 is 2.61 bits per heavy atom. The molecule has 0 radical (unpaired) electrons.